The van der Waals surface area contributed by atoms with Crippen molar-refractivity contribution in [3.63, 3.8) is 0 Å². The molecule has 0 N–H and O–H groups in total. The van der Waals surface area contributed by atoms with Gasteiger partial charge in [-0.2, -0.15) is 0 Å². The van der Waals surface area contributed by atoms with Crippen LogP contribution in [0.5, 0.6) is 23.0 Å². The van der Waals surface area contributed by atoms with Gasteiger partial charge < -0.3 is 19.3 Å². The third-order valence-corrected chi connectivity index (χ3v) is 12.8. The third-order valence-electron chi connectivity index (χ3n) is 12.8. The van der Waals surface area contributed by atoms with Crippen LogP contribution in [0.2, 0.25) is 0 Å². The Hall–Kier alpha value is -10.6. The number of fused-ring (bicyclic) bond motifs is 5. The molecule has 6 aromatic heterocycles. The molecule has 0 saturated carbocycles. The summed E-state index contributed by atoms with van der Waals surface area (Å²) in [5.41, 5.74) is 8.97. The van der Waals surface area contributed by atoms with Crippen LogP contribution in [-0.4, -0.2) is 49.8 Å². The molecule has 0 bridgehead atoms. The molecule has 0 radical (unpaired) electrons. The maximum atomic E-state index is 6.64. The van der Waals surface area contributed by atoms with E-state index >= 15 is 0 Å². The Morgan fingerprint density at radius 3 is 1.24 bits per heavy atom. The van der Waals surface area contributed by atoms with Crippen molar-refractivity contribution in [2.75, 3.05) is 9.80 Å². The average Bonchev–Trinajstić information content (AvgIpc) is 3.48. The van der Waals surface area contributed by atoms with Crippen molar-refractivity contribution in [1.82, 2.24) is 49.8 Å². The number of benzene rings is 6. The van der Waals surface area contributed by atoms with E-state index in [4.69, 9.17) is 44.4 Å². The van der Waals surface area contributed by atoms with Gasteiger partial charge in [0.2, 0.25) is 0 Å². The lowest BCUT2D eigenvalue weighted by Gasteiger charge is -2.36. The molecule has 0 fully saturated rings. The van der Waals surface area contributed by atoms with Gasteiger partial charge in [-0.25, -0.2) is 29.9 Å². The summed E-state index contributed by atoms with van der Waals surface area (Å²) in [6, 6.07) is 59.8. The van der Waals surface area contributed by atoms with Crippen molar-refractivity contribution in [3.8, 4) is 91.6 Å². The predicted molar refractivity (Wildman–Crippen MR) is 284 cm³/mol. The second kappa shape index (κ2) is 17.7. The van der Waals surface area contributed by atoms with E-state index in [2.05, 4.69) is 67.2 Å². The SMILES string of the molecule is c1ccc(-c2nc(-c3cccnc3)nc(-c3cc(-c4nc(-c5cccnc5)nc(-c5ccccn5)n4)c4cc(N5c6ccccc6Oc6ccccc65)cc(N5c6ccccc6Oc6ccccc65)c4c3)n2)nc1. The molecule has 14 nitrogen and oxygen atoms in total. The Morgan fingerprint density at radius 1 is 0.311 bits per heavy atom. The van der Waals surface area contributed by atoms with Crippen molar-refractivity contribution in [3.05, 3.63) is 219 Å². The van der Waals surface area contributed by atoms with Gasteiger partial charge in [0, 0.05) is 70.5 Å². The lowest BCUT2D eigenvalue weighted by molar-refractivity contribution is 0.477. The van der Waals surface area contributed by atoms with Crippen LogP contribution in [0, 0.1) is 0 Å². The van der Waals surface area contributed by atoms with Gasteiger partial charge in [0.15, 0.2) is 57.9 Å². The lowest BCUT2D eigenvalue weighted by Crippen LogP contribution is -2.18. The molecule has 0 spiro atoms. The van der Waals surface area contributed by atoms with Crippen LogP contribution in [0.4, 0.5) is 34.1 Å². The molecule has 74 heavy (non-hydrogen) atoms. The van der Waals surface area contributed by atoms with Crippen molar-refractivity contribution in [1.29, 1.82) is 0 Å². The topological polar surface area (TPSA) is 154 Å². The lowest BCUT2D eigenvalue weighted by atomic mass is 9.95. The van der Waals surface area contributed by atoms with E-state index in [-0.39, 0.29) is 0 Å². The number of hydrogen-bond acceptors (Lipinski definition) is 14. The quantitative estimate of drug-likeness (QED) is 0.142. The molecule has 8 heterocycles. The van der Waals surface area contributed by atoms with Crippen molar-refractivity contribution in [2.45, 2.75) is 0 Å². The molecule has 0 unspecified atom stereocenters. The highest BCUT2D eigenvalue weighted by atomic mass is 16.5. The Balaban J connectivity index is 1.13. The highest BCUT2D eigenvalue weighted by Crippen LogP contribution is 2.56. The Morgan fingerprint density at radius 2 is 0.757 bits per heavy atom. The van der Waals surface area contributed by atoms with Gasteiger partial charge >= 0.3 is 0 Å². The van der Waals surface area contributed by atoms with E-state index in [0.717, 1.165) is 44.9 Å². The molecule has 12 aromatic rings. The molecule has 0 amide bonds. The molecule has 14 heteroatoms. The van der Waals surface area contributed by atoms with Crippen LogP contribution < -0.4 is 19.3 Å². The van der Waals surface area contributed by atoms with Crippen LogP contribution in [0.25, 0.3) is 79.4 Å². The number of ether oxygens (including phenoxy) is 2. The molecule has 2 aliphatic rings. The van der Waals surface area contributed by atoms with Crippen LogP contribution in [0.15, 0.2) is 219 Å². The predicted octanol–water partition coefficient (Wildman–Crippen LogP) is 13.9. The number of hydrogen-bond donors (Lipinski definition) is 0. The Kier molecular flexibility index (Phi) is 10.1. The zero-order valence-electron chi connectivity index (χ0n) is 39.0. The summed E-state index contributed by atoms with van der Waals surface area (Å²) in [5.74, 6) is 5.21. The fraction of sp³-hybridized carbons (Fsp3) is 0. The van der Waals surface area contributed by atoms with Gasteiger partial charge in [-0.05, 0) is 127 Å². The zero-order chi connectivity index (χ0) is 49.0. The Bertz CT molecular complexity index is 3910. The first-order valence-corrected chi connectivity index (χ1v) is 23.8. The number of anilines is 6. The maximum absolute atomic E-state index is 6.64. The minimum absolute atomic E-state index is 0.381. The summed E-state index contributed by atoms with van der Waals surface area (Å²) in [5, 5.41) is 1.64. The zero-order valence-corrected chi connectivity index (χ0v) is 39.0. The fourth-order valence-corrected chi connectivity index (χ4v) is 9.47. The van der Waals surface area contributed by atoms with E-state index in [1.165, 1.54) is 0 Å². The fourth-order valence-electron chi connectivity index (χ4n) is 9.47. The minimum atomic E-state index is 0.381. The summed E-state index contributed by atoms with van der Waals surface area (Å²) < 4.78 is 13.2. The standard InChI is InChI=1S/C60H36N12O2/c1-5-23-51-46(19-1)71(47-20-2-6-24-52(47)73-51)40-33-41-42(50(34-40)72-48-21-3-7-25-53(48)74-54-26-8-4-22-49(54)72)31-39(57-65-55(37-15-13-27-61-35-37)67-59(69-57)44-17-9-11-29-63-44)32-43(41)58-66-56(38-16-14-28-62-36-38)68-60(70-58)45-18-10-12-30-64-45/h1-36H. The first kappa shape index (κ1) is 42.3. The van der Waals surface area contributed by atoms with Gasteiger partial charge in [-0.15, -0.1) is 0 Å². The van der Waals surface area contributed by atoms with Gasteiger partial charge in [0.05, 0.1) is 28.4 Å². The normalized spacial score (nSPS) is 12.2. The molecule has 6 aromatic carbocycles. The summed E-state index contributed by atoms with van der Waals surface area (Å²) in [4.78, 5) is 53.8. The van der Waals surface area contributed by atoms with Gasteiger partial charge in [-0.3, -0.25) is 19.9 Å². The monoisotopic (exact) mass is 956 g/mol. The molecule has 14 rings (SSSR count). The van der Waals surface area contributed by atoms with E-state index in [9.17, 15) is 0 Å². The third kappa shape index (κ3) is 7.45. The molecule has 348 valence electrons. The largest absolute Gasteiger partial charge is 0.453 e. The van der Waals surface area contributed by atoms with E-state index in [0.29, 0.717) is 91.6 Å². The summed E-state index contributed by atoms with van der Waals surface area (Å²) in [6.07, 6.45) is 10.4. The summed E-state index contributed by atoms with van der Waals surface area (Å²) in [6.45, 7) is 0. The van der Waals surface area contributed by atoms with Crippen LogP contribution in [-0.2, 0) is 0 Å². The van der Waals surface area contributed by atoms with E-state index in [1.807, 2.05) is 140 Å². The molecule has 0 saturated heterocycles. The minimum Gasteiger partial charge on any atom is -0.453 e. The van der Waals surface area contributed by atoms with Gasteiger partial charge in [-0.1, -0.05) is 60.7 Å². The molecule has 0 atom stereocenters. The number of aromatic nitrogens is 10. The van der Waals surface area contributed by atoms with Crippen molar-refractivity contribution >= 4 is 44.9 Å². The smallest absolute Gasteiger partial charge is 0.182 e. The van der Waals surface area contributed by atoms with Crippen molar-refractivity contribution < 1.29 is 9.47 Å². The summed E-state index contributed by atoms with van der Waals surface area (Å²) in [7, 11) is 0. The van der Waals surface area contributed by atoms with Crippen LogP contribution >= 0.6 is 0 Å². The van der Waals surface area contributed by atoms with Crippen LogP contribution in [0.1, 0.15) is 0 Å². The van der Waals surface area contributed by atoms with E-state index < -0.39 is 0 Å². The molecule has 2 aliphatic heterocycles. The highest BCUT2D eigenvalue weighted by Gasteiger charge is 2.32. The second-order valence-electron chi connectivity index (χ2n) is 17.4. The second-order valence-corrected chi connectivity index (χ2v) is 17.4. The van der Waals surface area contributed by atoms with Crippen molar-refractivity contribution in [2.24, 2.45) is 0 Å². The van der Waals surface area contributed by atoms with E-state index in [1.54, 1.807) is 37.2 Å². The number of rotatable bonds is 8. The van der Waals surface area contributed by atoms with Gasteiger partial charge in [0.1, 0.15) is 11.4 Å². The average molecular weight is 957 g/mol. The highest BCUT2D eigenvalue weighted by molar-refractivity contribution is 6.11. The van der Waals surface area contributed by atoms with Crippen LogP contribution in [0.3, 0.4) is 0 Å². The first-order valence-electron chi connectivity index (χ1n) is 23.8. The number of nitrogens with zero attached hydrogens (tertiary/aromatic N) is 12. The molecular weight excluding hydrogens is 921 g/mol. The van der Waals surface area contributed by atoms with Gasteiger partial charge in [0.25, 0.3) is 0 Å². The maximum Gasteiger partial charge on any atom is 0.182 e. The Labute approximate surface area is 423 Å². The first-order chi connectivity index (χ1) is 36.7. The number of pyridine rings is 4. The summed E-state index contributed by atoms with van der Waals surface area (Å²) >= 11 is 0. The molecular formula is C60H36N12O2. The molecule has 0 aliphatic carbocycles. The number of para-hydroxylation sites is 8.